The molecule has 7 heteroatoms. The number of anilines is 4. The zero-order chi connectivity index (χ0) is 13.1. The molecule has 7 nitrogen and oxygen atoms in total. The highest BCUT2D eigenvalue weighted by molar-refractivity contribution is 5.79. The molecule has 0 saturated carbocycles. The zero-order valence-electron chi connectivity index (χ0n) is 9.67. The number of aromatic hydroxyl groups is 1. The number of benzene rings is 1. The second-order valence-corrected chi connectivity index (χ2v) is 3.74. The molecular weight excluding hydrogens is 234 g/mol. The average Bonchev–Trinajstić information content (AvgIpc) is 2.61. The monoisotopic (exact) mass is 249 g/mol. The Kier molecular flexibility index (Phi) is 3.24. The van der Waals surface area contributed by atoms with Gasteiger partial charge in [-0.05, 0) is 12.1 Å². The summed E-state index contributed by atoms with van der Waals surface area (Å²) in [6.07, 6.45) is 0. The Morgan fingerprint density at radius 1 is 1.28 bits per heavy atom. The number of phenols is 1. The van der Waals surface area contributed by atoms with Crippen LogP contribution >= 0.6 is 0 Å². The standard InChI is InChI=1S/C11H15N5O2/c12-9-10(13)16(5-6-17)15-11(9)14-7-3-1-2-4-8(7)18/h1-4,17-18H,5-6,12-13H2,(H,14,15). The van der Waals surface area contributed by atoms with E-state index in [1.165, 1.54) is 4.68 Å². The van der Waals surface area contributed by atoms with Crippen LogP contribution in [0.2, 0.25) is 0 Å². The Morgan fingerprint density at radius 3 is 2.67 bits per heavy atom. The molecule has 0 saturated heterocycles. The molecule has 2 aromatic rings. The van der Waals surface area contributed by atoms with Crippen LogP contribution in [-0.4, -0.2) is 26.6 Å². The summed E-state index contributed by atoms with van der Waals surface area (Å²) in [5.74, 6) is 0.719. The Bertz CT molecular complexity index is 552. The van der Waals surface area contributed by atoms with Crippen molar-refractivity contribution < 1.29 is 10.2 Å². The molecule has 2 rings (SSSR count). The molecule has 1 heterocycles. The van der Waals surface area contributed by atoms with E-state index < -0.39 is 0 Å². The van der Waals surface area contributed by atoms with Crippen molar-refractivity contribution in [2.45, 2.75) is 6.54 Å². The summed E-state index contributed by atoms with van der Waals surface area (Å²) >= 11 is 0. The maximum atomic E-state index is 9.63. The quantitative estimate of drug-likeness (QED) is 0.502. The maximum Gasteiger partial charge on any atom is 0.178 e. The van der Waals surface area contributed by atoms with Crippen LogP contribution in [0, 0.1) is 0 Å². The first kappa shape index (κ1) is 12.1. The molecule has 0 amide bonds. The fourth-order valence-corrected chi connectivity index (χ4v) is 1.55. The number of para-hydroxylation sites is 2. The highest BCUT2D eigenvalue weighted by Gasteiger charge is 2.13. The average molecular weight is 249 g/mol. The molecule has 0 bridgehead atoms. The largest absolute Gasteiger partial charge is 0.506 e. The Morgan fingerprint density at radius 2 is 2.00 bits per heavy atom. The molecule has 0 aliphatic rings. The van der Waals surface area contributed by atoms with E-state index in [9.17, 15) is 5.11 Å². The van der Waals surface area contributed by atoms with Crippen LogP contribution in [0.3, 0.4) is 0 Å². The molecule has 0 aliphatic carbocycles. The number of nitrogens with one attached hydrogen (secondary N) is 1. The van der Waals surface area contributed by atoms with Gasteiger partial charge in [-0.15, -0.1) is 0 Å². The predicted molar refractivity (Wildman–Crippen MR) is 69.5 cm³/mol. The van der Waals surface area contributed by atoms with Gasteiger partial charge in [0.15, 0.2) is 5.82 Å². The summed E-state index contributed by atoms with van der Waals surface area (Å²) < 4.78 is 1.40. The fraction of sp³-hybridized carbons (Fsp3) is 0.182. The van der Waals surface area contributed by atoms with Crippen LogP contribution in [0.1, 0.15) is 0 Å². The molecular formula is C11H15N5O2. The first-order valence-electron chi connectivity index (χ1n) is 5.41. The van der Waals surface area contributed by atoms with Crippen LogP contribution in [-0.2, 0) is 6.54 Å². The number of nitrogens with zero attached hydrogens (tertiary/aromatic N) is 2. The van der Waals surface area contributed by atoms with Gasteiger partial charge in [-0.25, -0.2) is 4.68 Å². The third kappa shape index (κ3) is 2.16. The smallest absolute Gasteiger partial charge is 0.178 e. The minimum atomic E-state index is -0.0820. The minimum Gasteiger partial charge on any atom is -0.506 e. The molecule has 18 heavy (non-hydrogen) atoms. The molecule has 1 aromatic heterocycles. The molecule has 0 atom stereocenters. The van der Waals surface area contributed by atoms with E-state index in [1.54, 1.807) is 24.3 Å². The highest BCUT2D eigenvalue weighted by Crippen LogP contribution is 2.30. The lowest BCUT2D eigenvalue weighted by molar-refractivity contribution is 0.270. The first-order valence-corrected chi connectivity index (χ1v) is 5.41. The lowest BCUT2D eigenvalue weighted by Crippen LogP contribution is -2.08. The van der Waals surface area contributed by atoms with Crippen LogP contribution in [0.4, 0.5) is 23.0 Å². The van der Waals surface area contributed by atoms with Gasteiger partial charge in [0, 0.05) is 0 Å². The second kappa shape index (κ2) is 4.84. The number of phenolic OH excluding ortho intramolecular Hbond substituents is 1. The lowest BCUT2D eigenvalue weighted by Gasteiger charge is -2.05. The summed E-state index contributed by atoms with van der Waals surface area (Å²) in [6.45, 7) is 0.180. The summed E-state index contributed by atoms with van der Waals surface area (Å²) in [5.41, 5.74) is 12.3. The summed E-state index contributed by atoms with van der Waals surface area (Å²) in [7, 11) is 0. The summed E-state index contributed by atoms with van der Waals surface area (Å²) in [4.78, 5) is 0. The topological polar surface area (TPSA) is 122 Å². The van der Waals surface area contributed by atoms with E-state index in [0.29, 0.717) is 11.5 Å². The summed E-state index contributed by atoms with van der Waals surface area (Å²) in [5, 5.41) is 25.5. The van der Waals surface area contributed by atoms with Crippen molar-refractivity contribution in [2.75, 3.05) is 23.4 Å². The normalized spacial score (nSPS) is 10.5. The van der Waals surface area contributed by atoms with E-state index in [1.807, 2.05) is 0 Å². The first-order chi connectivity index (χ1) is 8.63. The van der Waals surface area contributed by atoms with Crippen LogP contribution in [0.5, 0.6) is 5.75 Å². The molecule has 0 unspecified atom stereocenters. The number of hydrogen-bond acceptors (Lipinski definition) is 6. The van der Waals surface area contributed by atoms with Gasteiger partial charge in [0.1, 0.15) is 17.3 Å². The summed E-state index contributed by atoms with van der Waals surface area (Å²) in [6, 6.07) is 6.72. The number of aliphatic hydroxyl groups is 1. The van der Waals surface area contributed by atoms with Gasteiger partial charge in [0.25, 0.3) is 0 Å². The van der Waals surface area contributed by atoms with Gasteiger partial charge in [-0.2, -0.15) is 5.10 Å². The van der Waals surface area contributed by atoms with Crippen molar-refractivity contribution in [2.24, 2.45) is 0 Å². The van der Waals surface area contributed by atoms with Crippen molar-refractivity contribution in [1.82, 2.24) is 9.78 Å². The van der Waals surface area contributed by atoms with Gasteiger partial charge < -0.3 is 27.0 Å². The van der Waals surface area contributed by atoms with Crippen molar-refractivity contribution in [3.05, 3.63) is 24.3 Å². The number of nitrogens with two attached hydrogens (primary N) is 2. The van der Waals surface area contributed by atoms with Gasteiger partial charge in [-0.1, -0.05) is 12.1 Å². The van der Waals surface area contributed by atoms with Crippen LogP contribution in [0.15, 0.2) is 24.3 Å². The highest BCUT2D eigenvalue weighted by atomic mass is 16.3. The Labute approximate surface area is 104 Å². The van der Waals surface area contributed by atoms with E-state index in [-0.39, 0.29) is 30.4 Å². The van der Waals surface area contributed by atoms with Crippen LogP contribution < -0.4 is 16.8 Å². The third-order valence-corrected chi connectivity index (χ3v) is 2.50. The molecule has 1 aromatic carbocycles. The molecule has 7 N–H and O–H groups in total. The molecule has 0 fully saturated rings. The van der Waals surface area contributed by atoms with Crippen molar-refractivity contribution in [3.63, 3.8) is 0 Å². The maximum absolute atomic E-state index is 9.63. The van der Waals surface area contributed by atoms with Gasteiger partial charge >= 0.3 is 0 Å². The molecule has 0 radical (unpaired) electrons. The predicted octanol–water partition coefficient (Wildman–Crippen LogP) is 0.489. The molecule has 96 valence electrons. The third-order valence-electron chi connectivity index (χ3n) is 2.50. The minimum absolute atomic E-state index is 0.0820. The van der Waals surface area contributed by atoms with Gasteiger partial charge in [-0.3, -0.25) is 0 Å². The zero-order valence-corrected chi connectivity index (χ0v) is 9.67. The number of rotatable bonds is 4. The van der Waals surface area contributed by atoms with E-state index in [2.05, 4.69) is 10.4 Å². The number of aliphatic hydroxyl groups excluding tert-OH is 1. The van der Waals surface area contributed by atoms with Crippen molar-refractivity contribution in [3.8, 4) is 5.75 Å². The number of nitrogen functional groups attached to an aromatic ring is 2. The van der Waals surface area contributed by atoms with E-state index in [4.69, 9.17) is 16.6 Å². The number of hydrogen-bond donors (Lipinski definition) is 5. The lowest BCUT2D eigenvalue weighted by atomic mass is 10.3. The SMILES string of the molecule is Nc1c(Nc2ccccc2O)nn(CCO)c1N. The second-order valence-electron chi connectivity index (χ2n) is 3.74. The van der Waals surface area contributed by atoms with Gasteiger partial charge in [0.05, 0.1) is 18.8 Å². The Balaban J connectivity index is 2.30. The molecule has 0 spiro atoms. The van der Waals surface area contributed by atoms with Crippen molar-refractivity contribution in [1.29, 1.82) is 0 Å². The van der Waals surface area contributed by atoms with E-state index in [0.717, 1.165) is 0 Å². The molecule has 0 aliphatic heterocycles. The number of aromatic nitrogens is 2. The fourth-order valence-electron chi connectivity index (χ4n) is 1.55. The van der Waals surface area contributed by atoms with Gasteiger partial charge in [0.2, 0.25) is 0 Å². The van der Waals surface area contributed by atoms with E-state index >= 15 is 0 Å². The Hall–Kier alpha value is -2.41. The van der Waals surface area contributed by atoms with Crippen molar-refractivity contribution >= 4 is 23.0 Å². The van der Waals surface area contributed by atoms with Crippen LogP contribution in [0.25, 0.3) is 0 Å².